The molecular weight excluding hydrogens is 342 g/mol. The molecule has 2 aromatic carbocycles. The van der Waals surface area contributed by atoms with Gasteiger partial charge in [-0.15, -0.1) is 0 Å². The van der Waals surface area contributed by atoms with Crippen LogP contribution in [0.3, 0.4) is 0 Å². The van der Waals surface area contributed by atoms with Crippen LogP contribution in [0.2, 0.25) is 0 Å². The van der Waals surface area contributed by atoms with E-state index in [2.05, 4.69) is 10.4 Å². The smallest absolute Gasteiger partial charge is 0.410 e. The van der Waals surface area contributed by atoms with Gasteiger partial charge in [-0.3, -0.25) is 10.00 Å². The van der Waals surface area contributed by atoms with Crippen molar-refractivity contribution in [3.63, 3.8) is 0 Å². The third-order valence-corrected chi connectivity index (χ3v) is 5.08. The lowest BCUT2D eigenvalue weighted by Gasteiger charge is -2.07. The molecule has 1 heterocycles. The summed E-state index contributed by atoms with van der Waals surface area (Å²) in [7, 11) is -2.00. The van der Waals surface area contributed by atoms with Gasteiger partial charge in [0.25, 0.3) is 0 Å². The van der Waals surface area contributed by atoms with E-state index < -0.39 is 15.9 Å². The van der Waals surface area contributed by atoms with Gasteiger partial charge < -0.3 is 4.74 Å². The first-order chi connectivity index (χ1) is 11.9. The summed E-state index contributed by atoms with van der Waals surface area (Å²) in [4.78, 5) is 12.0. The van der Waals surface area contributed by atoms with Crippen LogP contribution in [0, 0.1) is 0 Å². The molecule has 0 unspecified atom stereocenters. The number of carbonyl (C=O) groups is 1. The van der Waals surface area contributed by atoms with Gasteiger partial charge in [0.1, 0.15) is 10.6 Å². The van der Waals surface area contributed by atoms with Crippen molar-refractivity contribution in [1.29, 1.82) is 0 Å². The first-order valence-electron chi connectivity index (χ1n) is 7.33. The van der Waals surface area contributed by atoms with E-state index in [4.69, 9.17) is 4.74 Å². The van der Waals surface area contributed by atoms with Crippen LogP contribution in [-0.4, -0.2) is 24.3 Å². The normalized spacial score (nSPS) is 11.1. The minimum atomic E-state index is -3.64. The van der Waals surface area contributed by atoms with E-state index in [0.29, 0.717) is 11.4 Å². The first-order valence-corrected chi connectivity index (χ1v) is 8.81. The van der Waals surface area contributed by atoms with Gasteiger partial charge in [-0.1, -0.05) is 18.2 Å². The van der Waals surface area contributed by atoms with E-state index >= 15 is 0 Å². The number of aryl methyl sites for hydroxylation is 1. The van der Waals surface area contributed by atoms with Crippen LogP contribution >= 0.6 is 0 Å². The molecule has 0 saturated heterocycles. The molecule has 3 aromatic rings. The predicted octanol–water partition coefficient (Wildman–Crippen LogP) is 2.86. The molecule has 0 radical (unpaired) electrons. The Balaban J connectivity index is 1.71. The molecule has 1 amide bonds. The van der Waals surface area contributed by atoms with E-state index in [0.717, 1.165) is 0 Å². The average Bonchev–Trinajstić information content (AvgIpc) is 3.03. The predicted molar refractivity (Wildman–Crippen MR) is 91.2 cm³/mol. The lowest BCUT2D eigenvalue weighted by Crippen LogP contribution is -2.16. The quantitative estimate of drug-likeness (QED) is 0.775. The Bertz CT molecular complexity index is 980. The van der Waals surface area contributed by atoms with Crippen LogP contribution in [-0.2, 0) is 16.9 Å². The maximum absolute atomic E-state index is 12.5. The fourth-order valence-electron chi connectivity index (χ4n) is 2.13. The first kappa shape index (κ1) is 16.7. The van der Waals surface area contributed by atoms with Crippen molar-refractivity contribution >= 4 is 21.6 Å². The Hall–Kier alpha value is -3.13. The highest BCUT2D eigenvalue weighted by Crippen LogP contribution is 2.22. The molecule has 7 nitrogen and oxygen atoms in total. The molecule has 0 saturated carbocycles. The van der Waals surface area contributed by atoms with Gasteiger partial charge in [-0.2, -0.15) is 5.10 Å². The Kier molecular flexibility index (Phi) is 4.53. The maximum Gasteiger partial charge on any atom is 0.417 e. The number of nitrogens with one attached hydrogen (secondary N) is 1. The number of benzene rings is 2. The van der Waals surface area contributed by atoms with E-state index in [1.807, 2.05) is 6.07 Å². The van der Waals surface area contributed by atoms with Gasteiger partial charge in [0.2, 0.25) is 9.84 Å². The van der Waals surface area contributed by atoms with Crippen molar-refractivity contribution in [3.8, 4) is 5.75 Å². The topological polar surface area (TPSA) is 90.3 Å². The zero-order chi connectivity index (χ0) is 17.9. The van der Waals surface area contributed by atoms with Crippen molar-refractivity contribution < 1.29 is 17.9 Å². The van der Waals surface area contributed by atoms with Crippen LogP contribution in [0.1, 0.15) is 0 Å². The molecule has 0 spiro atoms. The zero-order valence-corrected chi connectivity index (χ0v) is 14.1. The Morgan fingerprint density at radius 3 is 2.32 bits per heavy atom. The highest BCUT2D eigenvalue weighted by atomic mass is 32.2. The van der Waals surface area contributed by atoms with Crippen LogP contribution in [0.15, 0.2) is 76.8 Å². The van der Waals surface area contributed by atoms with E-state index in [9.17, 15) is 13.2 Å². The number of ether oxygens (including phenoxy) is 1. The van der Waals surface area contributed by atoms with Crippen LogP contribution in [0.4, 0.5) is 10.5 Å². The molecule has 1 N–H and O–H groups in total. The van der Waals surface area contributed by atoms with Gasteiger partial charge in [-0.05, 0) is 36.4 Å². The van der Waals surface area contributed by atoms with Crippen LogP contribution in [0.25, 0.3) is 0 Å². The summed E-state index contributed by atoms with van der Waals surface area (Å²) in [5.41, 5.74) is 0.422. The van der Waals surface area contributed by atoms with Crippen molar-refractivity contribution in [2.45, 2.75) is 9.79 Å². The number of para-hydroxylation sites is 1. The van der Waals surface area contributed by atoms with Crippen molar-refractivity contribution in [3.05, 3.63) is 67.0 Å². The summed E-state index contributed by atoms with van der Waals surface area (Å²) in [5, 5.41) is 6.41. The summed E-state index contributed by atoms with van der Waals surface area (Å²) < 4.78 is 31.4. The molecule has 0 atom stereocenters. The van der Waals surface area contributed by atoms with Gasteiger partial charge in [0, 0.05) is 18.9 Å². The molecule has 128 valence electrons. The number of hydrogen-bond donors (Lipinski definition) is 1. The summed E-state index contributed by atoms with van der Waals surface area (Å²) in [6.45, 7) is 0. The molecule has 0 bridgehead atoms. The van der Waals surface area contributed by atoms with Gasteiger partial charge >= 0.3 is 6.09 Å². The highest BCUT2D eigenvalue weighted by molar-refractivity contribution is 7.91. The number of hydrogen-bond acceptors (Lipinski definition) is 5. The van der Waals surface area contributed by atoms with Crippen molar-refractivity contribution in [1.82, 2.24) is 9.78 Å². The Morgan fingerprint density at radius 2 is 1.72 bits per heavy atom. The van der Waals surface area contributed by atoms with Gasteiger partial charge in [-0.25, -0.2) is 13.2 Å². The third-order valence-electron chi connectivity index (χ3n) is 3.36. The second-order valence-corrected chi connectivity index (χ2v) is 7.15. The Morgan fingerprint density at radius 1 is 1.04 bits per heavy atom. The monoisotopic (exact) mass is 357 g/mol. The van der Waals surface area contributed by atoms with Crippen LogP contribution in [0.5, 0.6) is 5.75 Å². The summed E-state index contributed by atoms with van der Waals surface area (Å²) in [6, 6.07) is 14.5. The van der Waals surface area contributed by atoms with E-state index in [1.165, 1.54) is 41.3 Å². The number of rotatable bonds is 4. The molecule has 3 rings (SSSR count). The largest absolute Gasteiger partial charge is 0.417 e. The summed E-state index contributed by atoms with van der Waals surface area (Å²) in [6.07, 6.45) is 2.06. The standard InChI is InChI=1S/C17H15N3O4S/c1-20-12-16(11-18-20)25(22,23)15-9-7-13(8-10-15)19-17(21)24-14-5-3-2-4-6-14/h2-12H,1H3,(H,19,21). The fraction of sp³-hybridized carbons (Fsp3) is 0.0588. The van der Waals surface area contributed by atoms with Gasteiger partial charge in [0.05, 0.1) is 11.1 Å². The van der Waals surface area contributed by atoms with Crippen molar-refractivity contribution in [2.24, 2.45) is 7.05 Å². The summed E-state index contributed by atoms with van der Waals surface area (Å²) >= 11 is 0. The number of amides is 1. The van der Waals surface area contributed by atoms with Crippen LogP contribution < -0.4 is 10.1 Å². The number of nitrogens with zero attached hydrogens (tertiary/aromatic N) is 2. The van der Waals surface area contributed by atoms with Gasteiger partial charge in [0.15, 0.2) is 0 Å². The summed E-state index contributed by atoms with van der Waals surface area (Å²) in [5.74, 6) is 0.413. The minimum Gasteiger partial charge on any atom is -0.410 e. The second-order valence-electron chi connectivity index (χ2n) is 5.21. The molecular formula is C17H15N3O4S. The SMILES string of the molecule is Cn1cc(S(=O)(=O)c2ccc(NC(=O)Oc3ccccc3)cc2)cn1. The number of anilines is 1. The lowest BCUT2D eigenvalue weighted by molar-refractivity contribution is 0.215. The molecule has 25 heavy (non-hydrogen) atoms. The Labute approximate surface area is 144 Å². The maximum atomic E-state index is 12.5. The molecule has 0 aliphatic heterocycles. The molecule has 0 aliphatic carbocycles. The average molecular weight is 357 g/mol. The minimum absolute atomic E-state index is 0.110. The zero-order valence-electron chi connectivity index (χ0n) is 13.3. The fourth-order valence-corrected chi connectivity index (χ4v) is 3.37. The number of carbonyl (C=O) groups excluding carboxylic acids is 1. The van der Waals surface area contributed by atoms with E-state index in [1.54, 1.807) is 31.3 Å². The molecule has 0 fully saturated rings. The van der Waals surface area contributed by atoms with E-state index in [-0.39, 0.29) is 9.79 Å². The molecule has 8 heteroatoms. The molecule has 0 aliphatic rings. The molecule has 1 aromatic heterocycles. The second kappa shape index (κ2) is 6.78. The van der Waals surface area contributed by atoms with Crippen molar-refractivity contribution in [2.75, 3.05) is 5.32 Å². The number of sulfone groups is 1. The number of aromatic nitrogens is 2. The highest BCUT2D eigenvalue weighted by Gasteiger charge is 2.19. The third kappa shape index (κ3) is 3.86. The lowest BCUT2D eigenvalue weighted by atomic mass is 10.3.